The van der Waals surface area contributed by atoms with E-state index in [1.54, 1.807) is 0 Å². The number of hydrogen-bond acceptors (Lipinski definition) is 1. The van der Waals surface area contributed by atoms with Gasteiger partial charge in [-0.05, 0) is 37.1 Å². The zero-order valence-electron chi connectivity index (χ0n) is 6.60. The summed E-state index contributed by atoms with van der Waals surface area (Å²) in [6.45, 7) is 4.18. The number of aryl methyl sites for hydroxylation is 2. The number of fused-ring (bicyclic) bond motifs is 1. The second-order valence-corrected chi connectivity index (χ2v) is 2.80. The Labute approximate surface area is 65.3 Å². The fraction of sp³-hybridized carbons (Fsp3) is 0.222. The van der Waals surface area contributed by atoms with Crippen molar-refractivity contribution < 1.29 is 0 Å². The molecule has 0 amide bonds. The molecule has 55 valence electrons. The van der Waals surface area contributed by atoms with E-state index in [1.165, 1.54) is 11.1 Å². The van der Waals surface area contributed by atoms with E-state index in [0.717, 1.165) is 11.0 Å². The molecule has 0 aliphatic rings. The van der Waals surface area contributed by atoms with E-state index >= 15 is 0 Å². The average Bonchev–Trinajstić information content (AvgIpc) is 2.36. The molecule has 2 nitrogen and oxygen atoms in total. The monoisotopic (exact) mass is 145 g/mol. The summed E-state index contributed by atoms with van der Waals surface area (Å²) in [7, 11) is 0. The van der Waals surface area contributed by atoms with Crippen LogP contribution in [0.1, 0.15) is 11.1 Å². The van der Waals surface area contributed by atoms with E-state index < -0.39 is 0 Å². The van der Waals surface area contributed by atoms with Crippen LogP contribution in [0, 0.1) is 20.2 Å². The highest BCUT2D eigenvalue weighted by atomic mass is 14.9. The van der Waals surface area contributed by atoms with Crippen molar-refractivity contribution in [3.8, 4) is 0 Å². The minimum Gasteiger partial charge on any atom is -0.335 e. The van der Waals surface area contributed by atoms with Crippen molar-refractivity contribution in [1.29, 1.82) is 0 Å². The Morgan fingerprint density at radius 1 is 1.27 bits per heavy atom. The molecule has 0 unspecified atom stereocenters. The van der Waals surface area contributed by atoms with Crippen LogP contribution in [0.25, 0.3) is 11.0 Å². The molecule has 0 saturated carbocycles. The van der Waals surface area contributed by atoms with Crippen LogP contribution in [0.3, 0.4) is 0 Å². The summed E-state index contributed by atoms with van der Waals surface area (Å²) in [5.41, 5.74) is 4.62. The lowest BCUT2D eigenvalue weighted by Gasteiger charge is -1.97. The summed E-state index contributed by atoms with van der Waals surface area (Å²) in [6.07, 6.45) is 2.72. The second kappa shape index (κ2) is 2.09. The van der Waals surface area contributed by atoms with Crippen molar-refractivity contribution in [2.24, 2.45) is 0 Å². The largest absolute Gasteiger partial charge is 0.335 e. The Morgan fingerprint density at radius 3 is 2.82 bits per heavy atom. The molecule has 0 aliphatic carbocycles. The molecule has 0 fully saturated rings. The van der Waals surface area contributed by atoms with Crippen LogP contribution in [-0.2, 0) is 0 Å². The first kappa shape index (κ1) is 6.40. The number of hydrogen-bond donors (Lipinski definition) is 1. The van der Waals surface area contributed by atoms with Crippen LogP contribution in [-0.4, -0.2) is 9.97 Å². The molecular formula is C9H9N2. The molecule has 2 heteroatoms. The van der Waals surface area contributed by atoms with Gasteiger partial charge in [0.15, 0.2) is 6.33 Å². The standard InChI is InChI=1S/C9H9N2/c1-6-3-8-9(4-7(6)2)11-5-10-8/h3-4H,1-2H3,(H,10,11). The predicted octanol–water partition coefficient (Wildman–Crippen LogP) is 1.98. The first-order valence-electron chi connectivity index (χ1n) is 3.60. The molecule has 0 aliphatic heterocycles. The van der Waals surface area contributed by atoms with Gasteiger partial charge in [0.05, 0.1) is 11.0 Å². The van der Waals surface area contributed by atoms with Gasteiger partial charge >= 0.3 is 0 Å². The van der Waals surface area contributed by atoms with Crippen LogP contribution in [0.5, 0.6) is 0 Å². The summed E-state index contributed by atoms with van der Waals surface area (Å²) in [4.78, 5) is 6.99. The quantitative estimate of drug-likeness (QED) is 0.603. The zero-order chi connectivity index (χ0) is 7.84. The normalized spacial score (nSPS) is 10.7. The first-order chi connectivity index (χ1) is 5.27. The zero-order valence-corrected chi connectivity index (χ0v) is 6.60. The van der Waals surface area contributed by atoms with Crippen molar-refractivity contribution >= 4 is 11.0 Å². The molecule has 2 aromatic rings. The number of rotatable bonds is 0. The fourth-order valence-electron chi connectivity index (χ4n) is 1.14. The van der Waals surface area contributed by atoms with Crippen molar-refractivity contribution in [2.45, 2.75) is 13.8 Å². The molecule has 0 saturated heterocycles. The minimum absolute atomic E-state index is 0.994. The summed E-state index contributed by atoms with van der Waals surface area (Å²) < 4.78 is 0. The van der Waals surface area contributed by atoms with Gasteiger partial charge in [-0.25, -0.2) is 4.98 Å². The first-order valence-corrected chi connectivity index (χ1v) is 3.60. The van der Waals surface area contributed by atoms with Crippen molar-refractivity contribution in [1.82, 2.24) is 9.97 Å². The number of aromatic amines is 1. The van der Waals surface area contributed by atoms with Gasteiger partial charge in [-0.3, -0.25) is 0 Å². The maximum absolute atomic E-state index is 4.04. The molecule has 0 bridgehead atoms. The molecule has 1 heterocycles. The molecule has 1 N–H and O–H groups in total. The Balaban J connectivity index is 2.86. The van der Waals surface area contributed by atoms with Crippen molar-refractivity contribution in [3.05, 3.63) is 29.6 Å². The number of benzene rings is 1. The van der Waals surface area contributed by atoms with E-state index in [-0.39, 0.29) is 0 Å². The Morgan fingerprint density at radius 2 is 2.00 bits per heavy atom. The highest BCUT2D eigenvalue weighted by Gasteiger charge is 1.98. The van der Waals surface area contributed by atoms with Gasteiger partial charge in [-0.1, -0.05) is 0 Å². The third-order valence-corrected chi connectivity index (χ3v) is 1.98. The van der Waals surface area contributed by atoms with Crippen LogP contribution >= 0.6 is 0 Å². The molecule has 1 aromatic heterocycles. The van der Waals surface area contributed by atoms with Gasteiger partial charge in [-0.15, -0.1) is 0 Å². The van der Waals surface area contributed by atoms with Crippen LogP contribution in [0.2, 0.25) is 0 Å². The number of imidazole rings is 1. The molecule has 11 heavy (non-hydrogen) atoms. The summed E-state index contributed by atoms with van der Waals surface area (Å²) in [6, 6.07) is 4.16. The van der Waals surface area contributed by atoms with Gasteiger partial charge in [0.25, 0.3) is 0 Å². The van der Waals surface area contributed by atoms with E-state index in [2.05, 4.69) is 42.3 Å². The lowest BCUT2D eigenvalue weighted by molar-refractivity contribution is 1.32. The summed E-state index contributed by atoms with van der Waals surface area (Å²) in [5.74, 6) is 0. The number of nitrogens with one attached hydrogen (secondary N) is 1. The summed E-state index contributed by atoms with van der Waals surface area (Å²) in [5, 5.41) is 0. The minimum atomic E-state index is 0.994. The highest BCUT2D eigenvalue weighted by Crippen LogP contribution is 2.14. The molecule has 0 spiro atoms. The molecule has 0 atom stereocenters. The van der Waals surface area contributed by atoms with Gasteiger partial charge in [0, 0.05) is 0 Å². The maximum Gasteiger partial charge on any atom is 0.174 e. The third-order valence-electron chi connectivity index (χ3n) is 1.98. The van der Waals surface area contributed by atoms with Gasteiger partial charge in [-0.2, -0.15) is 0 Å². The van der Waals surface area contributed by atoms with Crippen LogP contribution in [0.4, 0.5) is 0 Å². The molecular weight excluding hydrogens is 136 g/mol. The maximum atomic E-state index is 4.04. The highest BCUT2D eigenvalue weighted by molar-refractivity contribution is 5.76. The van der Waals surface area contributed by atoms with Gasteiger partial charge < -0.3 is 4.98 Å². The van der Waals surface area contributed by atoms with Gasteiger partial charge in [0.1, 0.15) is 0 Å². The van der Waals surface area contributed by atoms with Crippen LogP contribution in [0.15, 0.2) is 12.1 Å². The Kier molecular flexibility index (Phi) is 1.22. The smallest absolute Gasteiger partial charge is 0.174 e. The molecule has 2 rings (SSSR count). The second-order valence-electron chi connectivity index (χ2n) is 2.80. The average molecular weight is 145 g/mol. The van der Waals surface area contributed by atoms with Crippen LogP contribution < -0.4 is 0 Å². The van der Waals surface area contributed by atoms with E-state index in [1.807, 2.05) is 0 Å². The molecule has 1 radical (unpaired) electrons. The van der Waals surface area contributed by atoms with Crippen molar-refractivity contribution in [2.75, 3.05) is 0 Å². The Bertz CT molecular complexity index is 351. The number of nitrogens with zero attached hydrogens (tertiary/aromatic N) is 1. The van der Waals surface area contributed by atoms with E-state index in [9.17, 15) is 0 Å². The van der Waals surface area contributed by atoms with E-state index in [0.29, 0.717) is 0 Å². The fourth-order valence-corrected chi connectivity index (χ4v) is 1.14. The predicted molar refractivity (Wildman–Crippen MR) is 44.4 cm³/mol. The van der Waals surface area contributed by atoms with Crippen molar-refractivity contribution in [3.63, 3.8) is 0 Å². The SMILES string of the molecule is Cc1cc2n[c][nH]c2cc1C. The Hall–Kier alpha value is -1.31. The topological polar surface area (TPSA) is 28.7 Å². The third kappa shape index (κ3) is 0.909. The lowest BCUT2D eigenvalue weighted by Crippen LogP contribution is -1.79. The summed E-state index contributed by atoms with van der Waals surface area (Å²) >= 11 is 0. The van der Waals surface area contributed by atoms with E-state index in [4.69, 9.17) is 0 Å². The molecule has 1 aromatic carbocycles. The lowest BCUT2D eigenvalue weighted by atomic mass is 10.1. The number of H-pyrrole nitrogens is 1. The van der Waals surface area contributed by atoms with Gasteiger partial charge in [0.2, 0.25) is 0 Å². The number of aromatic nitrogens is 2.